The molecule has 0 amide bonds. The molecule has 1 aromatic carbocycles. The molecule has 0 radical (unpaired) electrons. The molecule has 164 valence electrons. The Morgan fingerprint density at radius 2 is 1.87 bits per heavy atom. The second kappa shape index (κ2) is 7.43. The lowest BCUT2D eigenvalue weighted by atomic mass is 9.68. The van der Waals surface area contributed by atoms with Crippen LogP contribution in [0.5, 0.6) is 11.5 Å². The minimum absolute atomic E-state index is 0.0402. The molecule has 1 N–H and O–H groups in total. The van der Waals surface area contributed by atoms with Crippen molar-refractivity contribution in [3.63, 3.8) is 0 Å². The van der Waals surface area contributed by atoms with Crippen molar-refractivity contribution in [2.75, 3.05) is 6.79 Å². The average molecular weight is 424 g/mol. The molecule has 0 aromatic heterocycles. The van der Waals surface area contributed by atoms with Gasteiger partial charge in [0.1, 0.15) is 6.10 Å². The van der Waals surface area contributed by atoms with Crippen molar-refractivity contribution in [1.82, 2.24) is 5.32 Å². The first-order valence-electron chi connectivity index (χ1n) is 11.2. The Hall–Kier alpha value is -2.76. The van der Waals surface area contributed by atoms with E-state index in [0.717, 1.165) is 49.1 Å². The molecular formula is C25H29NO5. The Morgan fingerprint density at radius 1 is 1.13 bits per heavy atom. The molecule has 1 aromatic rings. The van der Waals surface area contributed by atoms with E-state index < -0.39 is 5.92 Å². The van der Waals surface area contributed by atoms with Crippen LogP contribution in [0, 0.1) is 5.41 Å². The lowest BCUT2D eigenvalue weighted by Gasteiger charge is -2.39. The molecular weight excluding hydrogens is 394 g/mol. The maximum atomic E-state index is 13.4. The number of fused-ring (bicyclic) bond motifs is 1. The number of ketones is 1. The molecule has 5 rings (SSSR count). The van der Waals surface area contributed by atoms with Gasteiger partial charge in [0.15, 0.2) is 17.3 Å². The number of esters is 1. The maximum Gasteiger partial charge on any atom is 0.337 e. The first kappa shape index (κ1) is 20.2. The van der Waals surface area contributed by atoms with Gasteiger partial charge < -0.3 is 19.5 Å². The first-order chi connectivity index (χ1) is 14.8. The number of hydrogen-bond donors (Lipinski definition) is 1. The number of carbonyl (C=O) groups is 2. The Labute approximate surface area is 182 Å². The average Bonchev–Trinajstić information content (AvgIpc) is 3.36. The van der Waals surface area contributed by atoms with E-state index in [4.69, 9.17) is 14.2 Å². The number of carbonyl (C=O) groups excluding carboxylic acids is 2. The van der Waals surface area contributed by atoms with Crippen LogP contribution < -0.4 is 14.8 Å². The molecule has 0 unspecified atom stereocenters. The molecule has 2 heterocycles. The van der Waals surface area contributed by atoms with Gasteiger partial charge in [0, 0.05) is 29.3 Å². The summed E-state index contributed by atoms with van der Waals surface area (Å²) in [5, 5.41) is 3.39. The maximum absolute atomic E-state index is 13.4. The SMILES string of the molecule is CC1=C(C(=O)OC2CCCC2)[C@H](c2ccc3c(c2)OCO3)C2=C(CC(C)(C)CC2=O)N1. The van der Waals surface area contributed by atoms with Gasteiger partial charge in [-0.15, -0.1) is 0 Å². The number of nitrogens with one attached hydrogen (secondary N) is 1. The van der Waals surface area contributed by atoms with Gasteiger partial charge in [-0.2, -0.15) is 0 Å². The molecule has 2 aliphatic carbocycles. The highest BCUT2D eigenvalue weighted by Crippen LogP contribution is 2.48. The van der Waals surface area contributed by atoms with Crippen LogP contribution in [0.25, 0.3) is 0 Å². The topological polar surface area (TPSA) is 73.9 Å². The molecule has 1 fully saturated rings. The minimum Gasteiger partial charge on any atom is -0.459 e. The smallest absolute Gasteiger partial charge is 0.337 e. The van der Waals surface area contributed by atoms with Crippen molar-refractivity contribution >= 4 is 11.8 Å². The predicted octanol–water partition coefficient (Wildman–Crippen LogP) is 4.51. The number of Topliss-reactive ketones (excluding diaryl/α,β-unsaturated/α-hetero) is 1. The van der Waals surface area contributed by atoms with Crippen LogP contribution in [0.1, 0.15) is 70.8 Å². The van der Waals surface area contributed by atoms with Gasteiger partial charge in [-0.3, -0.25) is 4.79 Å². The van der Waals surface area contributed by atoms with Crippen LogP contribution in [-0.4, -0.2) is 24.6 Å². The van der Waals surface area contributed by atoms with E-state index in [1.807, 2.05) is 25.1 Å². The van der Waals surface area contributed by atoms with Crippen molar-refractivity contribution in [1.29, 1.82) is 0 Å². The van der Waals surface area contributed by atoms with Gasteiger partial charge in [0.25, 0.3) is 0 Å². The Kier molecular flexibility index (Phi) is 4.83. The minimum atomic E-state index is -0.469. The molecule has 0 saturated heterocycles. The lowest BCUT2D eigenvalue weighted by molar-refractivity contribution is -0.144. The lowest BCUT2D eigenvalue weighted by Crippen LogP contribution is -2.39. The Bertz CT molecular complexity index is 1010. The molecule has 0 spiro atoms. The summed E-state index contributed by atoms with van der Waals surface area (Å²) in [6.07, 6.45) is 5.16. The monoisotopic (exact) mass is 423 g/mol. The van der Waals surface area contributed by atoms with Crippen LogP contribution in [-0.2, 0) is 14.3 Å². The highest BCUT2D eigenvalue weighted by molar-refractivity contribution is 6.04. The molecule has 31 heavy (non-hydrogen) atoms. The summed E-state index contributed by atoms with van der Waals surface area (Å²) in [5.74, 6) is 0.605. The summed E-state index contributed by atoms with van der Waals surface area (Å²) in [6, 6.07) is 5.68. The molecule has 0 bridgehead atoms. The van der Waals surface area contributed by atoms with Gasteiger partial charge in [0.05, 0.1) is 5.57 Å². The third kappa shape index (κ3) is 3.62. The molecule has 6 nitrogen and oxygen atoms in total. The van der Waals surface area contributed by atoms with Crippen molar-refractivity contribution < 1.29 is 23.8 Å². The van der Waals surface area contributed by atoms with Gasteiger partial charge >= 0.3 is 5.97 Å². The highest BCUT2D eigenvalue weighted by Gasteiger charge is 2.43. The molecule has 2 aliphatic heterocycles. The standard InChI is InChI=1S/C25H29NO5/c1-14-21(24(28)31-16-6-4-5-7-16)22(15-8-9-19-20(10-15)30-13-29-19)23-17(26-14)11-25(2,3)12-18(23)27/h8-10,16,22,26H,4-7,11-13H2,1-3H3/t22-/m0/s1. The van der Waals surface area contributed by atoms with Gasteiger partial charge in [-0.05, 0) is 62.1 Å². The zero-order valence-corrected chi connectivity index (χ0v) is 18.4. The number of hydrogen-bond acceptors (Lipinski definition) is 6. The van der Waals surface area contributed by atoms with E-state index in [-0.39, 0.29) is 30.1 Å². The number of dihydropyridines is 1. The molecule has 1 atom stereocenters. The van der Waals surface area contributed by atoms with Crippen molar-refractivity contribution in [3.8, 4) is 11.5 Å². The Morgan fingerprint density at radius 3 is 2.65 bits per heavy atom. The summed E-state index contributed by atoms with van der Waals surface area (Å²) < 4.78 is 16.9. The van der Waals surface area contributed by atoms with Gasteiger partial charge in [0.2, 0.25) is 6.79 Å². The Balaban J connectivity index is 1.59. The fourth-order valence-electron chi connectivity index (χ4n) is 5.35. The normalized spacial score (nSPS) is 24.9. The summed E-state index contributed by atoms with van der Waals surface area (Å²) in [5.41, 5.74) is 3.61. The van der Waals surface area contributed by atoms with Gasteiger partial charge in [-0.25, -0.2) is 4.79 Å². The third-order valence-corrected chi connectivity index (χ3v) is 6.77. The second-order valence-corrected chi connectivity index (χ2v) is 9.85. The van der Waals surface area contributed by atoms with Crippen LogP contribution >= 0.6 is 0 Å². The summed E-state index contributed by atoms with van der Waals surface area (Å²) >= 11 is 0. The van der Waals surface area contributed by atoms with E-state index in [1.54, 1.807) is 0 Å². The molecule has 1 saturated carbocycles. The van der Waals surface area contributed by atoms with E-state index >= 15 is 0 Å². The van der Waals surface area contributed by atoms with Crippen molar-refractivity contribution in [3.05, 3.63) is 46.3 Å². The zero-order valence-electron chi connectivity index (χ0n) is 18.4. The first-order valence-corrected chi connectivity index (χ1v) is 11.2. The summed E-state index contributed by atoms with van der Waals surface area (Å²) in [7, 11) is 0. The largest absolute Gasteiger partial charge is 0.459 e. The number of rotatable bonds is 3. The number of allylic oxidation sites excluding steroid dienone is 3. The van der Waals surface area contributed by atoms with E-state index in [2.05, 4.69) is 19.2 Å². The number of ether oxygens (including phenoxy) is 3. The molecule has 4 aliphatic rings. The number of benzene rings is 1. The summed E-state index contributed by atoms with van der Waals surface area (Å²) in [6.45, 7) is 6.29. The van der Waals surface area contributed by atoms with Crippen LogP contribution in [0.3, 0.4) is 0 Å². The second-order valence-electron chi connectivity index (χ2n) is 9.85. The summed E-state index contributed by atoms with van der Waals surface area (Å²) in [4.78, 5) is 26.7. The zero-order chi connectivity index (χ0) is 21.8. The van der Waals surface area contributed by atoms with E-state index in [9.17, 15) is 9.59 Å². The van der Waals surface area contributed by atoms with Crippen LogP contribution in [0.15, 0.2) is 40.7 Å². The van der Waals surface area contributed by atoms with Gasteiger partial charge in [-0.1, -0.05) is 19.9 Å². The predicted molar refractivity (Wildman–Crippen MR) is 115 cm³/mol. The van der Waals surface area contributed by atoms with Crippen molar-refractivity contribution in [2.45, 2.75) is 71.3 Å². The van der Waals surface area contributed by atoms with Crippen molar-refractivity contribution in [2.24, 2.45) is 5.41 Å². The fourth-order valence-corrected chi connectivity index (χ4v) is 5.35. The molecule has 6 heteroatoms. The van der Waals surface area contributed by atoms with E-state index in [1.165, 1.54) is 0 Å². The highest BCUT2D eigenvalue weighted by atomic mass is 16.7. The fraction of sp³-hybridized carbons (Fsp3) is 0.520. The van der Waals surface area contributed by atoms with Crippen LogP contribution in [0.2, 0.25) is 0 Å². The van der Waals surface area contributed by atoms with E-state index in [0.29, 0.717) is 29.1 Å². The quantitative estimate of drug-likeness (QED) is 0.722. The van der Waals surface area contributed by atoms with Crippen LogP contribution in [0.4, 0.5) is 0 Å². The third-order valence-electron chi connectivity index (χ3n) is 6.77.